The first-order valence-electron chi connectivity index (χ1n) is 9.72. The van der Waals surface area contributed by atoms with Crippen LogP contribution in [0.4, 0.5) is 19.0 Å². The van der Waals surface area contributed by atoms with Crippen LogP contribution in [0, 0.1) is 0 Å². The molecule has 1 aliphatic rings. The van der Waals surface area contributed by atoms with Gasteiger partial charge in [-0.2, -0.15) is 23.1 Å². The smallest absolute Gasteiger partial charge is 0.433 e. The van der Waals surface area contributed by atoms with E-state index in [2.05, 4.69) is 9.97 Å². The van der Waals surface area contributed by atoms with Crippen LogP contribution in [0.2, 0.25) is 0 Å². The Hall–Kier alpha value is -4.42. The van der Waals surface area contributed by atoms with Gasteiger partial charge >= 0.3 is 24.1 Å². The van der Waals surface area contributed by atoms with E-state index in [9.17, 15) is 37.8 Å². The van der Waals surface area contributed by atoms with E-state index in [0.717, 1.165) is 6.07 Å². The average molecular weight is 476 g/mol. The number of pyridine rings is 1. The number of anilines is 1. The molecule has 0 saturated heterocycles. The number of aromatic carboxylic acids is 2. The molecular formula is C21H15F3N4O6. The van der Waals surface area contributed by atoms with Gasteiger partial charge in [-0.1, -0.05) is 12.1 Å². The van der Waals surface area contributed by atoms with Gasteiger partial charge in [-0.25, -0.2) is 9.59 Å². The third-order valence-electron chi connectivity index (χ3n) is 5.04. The molecule has 1 fully saturated rings. The van der Waals surface area contributed by atoms with Crippen LogP contribution in [0.5, 0.6) is 11.8 Å². The molecule has 13 heteroatoms. The fourth-order valence-electron chi connectivity index (χ4n) is 3.35. The van der Waals surface area contributed by atoms with Crippen molar-refractivity contribution in [3.8, 4) is 22.9 Å². The molecule has 0 aliphatic heterocycles. The number of nitrogens with zero attached hydrogens (tertiary/aromatic N) is 2. The summed E-state index contributed by atoms with van der Waals surface area (Å²) in [5.41, 5.74) is 1.67. The number of halogens is 3. The van der Waals surface area contributed by atoms with E-state index in [1.807, 2.05) is 4.98 Å². The zero-order valence-corrected chi connectivity index (χ0v) is 17.0. The maximum Gasteiger partial charge on any atom is 0.433 e. The second-order valence-corrected chi connectivity index (χ2v) is 7.46. The second-order valence-electron chi connectivity index (χ2n) is 7.46. The summed E-state index contributed by atoms with van der Waals surface area (Å²) in [6, 6.07) is 5.30. The average Bonchev–Trinajstić information content (AvgIpc) is 3.58. The van der Waals surface area contributed by atoms with Crippen LogP contribution in [0.3, 0.4) is 0 Å². The highest BCUT2D eigenvalue weighted by Crippen LogP contribution is 2.41. The Bertz CT molecular complexity index is 1360. The second kappa shape index (κ2) is 8.17. The Kier molecular flexibility index (Phi) is 5.47. The van der Waals surface area contributed by atoms with Crippen LogP contribution in [-0.2, 0) is 6.18 Å². The number of ether oxygens (including phenoxy) is 1. The number of benzene rings is 1. The van der Waals surface area contributed by atoms with E-state index in [4.69, 9.17) is 10.5 Å². The Morgan fingerprint density at radius 2 is 1.68 bits per heavy atom. The van der Waals surface area contributed by atoms with E-state index >= 15 is 0 Å². The molecular weight excluding hydrogens is 461 g/mol. The molecule has 1 aromatic carbocycles. The van der Waals surface area contributed by atoms with Crippen molar-refractivity contribution in [1.29, 1.82) is 0 Å². The number of nitrogens with two attached hydrogens (primary N) is 1. The third-order valence-corrected chi connectivity index (χ3v) is 5.04. The van der Waals surface area contributed by atoms with Crippen LogP contribution in [-0.4, -0.2) is 37.1 Å². The van der Waals surface area contributed by atoms with Crippen LogP contribution in [0.25, 0.3) is 11.1 Å². The van der Waals surface area contributed by atoms with Gasteiger partial charge in [0, 0.05) is 11.5 Å². The normalized spacial score (nSPS) is 13.5. The van der Waals surface area contributed by atoms with Gasteiger partial charge in [0.05, 0.1) is 5.69 Å². The number of alkyl halides is 3. The van der Waals surface area contributed by atoms with Crippen molar-refractivity contribution < 1.29 is 37.7 Å². The van der Waals surface area contributed by atoms with Gasteiger partial charge in [0.1, 0.15) is 22.7 Å². The first-order valence-corrected chi connectivity index (χ1v) is 9.72. The number of H-pyrrole nitrogens is 1. The summed E-state index contributed by atoms with van der Waals surface area (Å²) in [6.45, 7) is 0. The number of nitrogens with one attached hydrogen (secondary N) is 1. The lowest BCUT2D eigenvalue weighted by atomic mass is 9.95. The fourth-order valence-corrected chi connectivity index (χ4v) is 3.35. The van der Waals surface area contributed by atoms with E-state index in [1.54, 1.807) is 0 Å². The van der Waals surface area contributed by atoms with E-state index in [-0.39, 0.29) is 22.9 Å². The van der Waals surface area contributed by atoms with Gasteiger partial charge in [0.15, 0.2) is 5.69 Å². The molecule has 2 heterocycles. The van der Waals surface area contributed by atoms with Crippen LogP contribution in [0.15, 0.2) is 35.1 Å². The van der Waals surface area contributed by atoms with Crippen LogP contribution >= 0.6 is 0 Å². The molecule has 0 atom stereocenters. The van der Waals surface area contributed by atoms with Gasteiger partial charge in [-0.15, -0.1) is 0 Å². The van der Waals surface area contributed by atoms with Crippen molar-refractivity contribution in [2.45, 2.75) is 24.9 Å². The highest BCUT2D eigenvalue weighted by Gasteiger charge is 2.36. The maximum absolute atomic E-state index is 13.2. The summed E-state index contributed by atoms with van der Waals surface area (Å²) < 4.78 is 45.0. The molecule has 0 spiro atoms. The van der Waals surface area contributed by atoms with Gasteiger partial charge in [0.2, 0.25) is 0 Å². The molecule has 176 valence electrons. The zero-order chi connectivity index (χ0) is 24.8. The number of nitrogen functional groups attached to an aromatic ring is 1. The van der Waals surface area contributed by atoms with Gasteiger partial charge in [0.25, 0.3) is 5.56 Å². The number of carboxylic acid groups (broad SMARTS) is 2. The first kappa shape index (κ1) is 22.8. The number of carboxylic acids is 2. The number of hydrogen-bond acceptors (Lipinski definition) is 7. The summed E-state index contributed by atoms with van der Waals surface area (Å²) in [5, 5.41) is 18.9. The molecule has 0 unspecified atom stereocenters. The summed E-state index contributed by atoms with van der Waals surface area (Å²) in [6.07, 6.45) is -3.28. The Morgan fingerprint density at radius 1 is 1.06 bits per heavy atom. The van der Waals surface area contributed by atoms with Crippen LogP contribution in [0.1, 0.15) is 50.9 Å². The minimum Gasteiger partial charge on any atom is -0.478 e. The first-order chi connectivity index (χ1) is 16.0. The number of aromatic nitrogens is 3. The molecule has 1 aliphatic carbocycles. The molecule has 1 saturated carbocycles. The molecule has 4 rings (SSSR count). The molecule has 0 bridgehead atoms. The summed E-state index contributed by atoms with van der Waals surface area (Å²) in [4.78, 5) is 44.9. The van der Waals surface area contributed by atoms with Crippen molar-refractivity contribution in [3.05, 3.63) is 63.2 Å². The third kappa shape index (κ3) is 4.40. The summed E-state index contributed by atoms with van der Waals surface area (Å²) >= 11 is 0. The Labute approximate surface area is 187 Å². The lowest BCUT2D eigenvalue weighted by molar-refractivity contribution is -0.141. The predicted molar refractivity (Wildman–Crippen MR) is 110 cm³/mol. The molecule has 10 nitrogen and oxygen atoms in total. The quantitative estimate of drug-likeness (QED) is 0.416. The fraction of sp³-hybridized carbons (Fsp3) is 0.190. The minimum atomic E-state index is -4.70. The number of rotatable bonds is 6. The highest BCUT2D eigenvalue weighted by molar-refractivity contribution is 6.07. The zero-order valence-electron chi connectivity index (χ0n) is 17.0. The highest BCUT2D eigenvalue weighted by atomic mass is 19.4. The van der Waals surface area contributed by atoms with Gasteiger partial charge in [-0.3, -0.25) is 4.79 Å². The van der Waals surface area contributed by atoms with Crippen molar-refractivity contribution in [3.63, 3.8) is 0 Å². The van der Waals surface area contributed by atoms with E-state index in [1.165, 1.54) is 24.3 Å². The predicted octanol–water partition coefficient (Wildman–Crippen LogP) is 3.50. The number of hydrogen-bond donors (Lipinski definition) is 4. The van der Waals surface area contributed by atoms with Gasteiger partial charge < -0.3 is 25.7 Å². The molecule has 0 radical (unpaired) electrons. The summed E-state index contributed by atoms with van der Waals surface area (Å²) in [5.74, 6) is -3.89. The maximum atomic E-state index is 13.2. The lowest BCUT2D eigenvalue weighted by Crippen LogP contribution is -2.24. The number of aromatic amines is 1. The minimum absolute atomic E-state index is 0.00331. The molecule has 3 aromatic rings. The van der Waals surface area contributed by atoms with E-state index in [0.29, 0.717) is 12.8 Å². The van der Waals surface area contributed by atoms with Crippen molar-refractivity contribution in [2.75, 3.05) is 5.73 Å². The van der Waals surface area contributed by atoms with Crippen LogP contribution < -0.4 is 16.0 Å². The van der Waals surface area contributed by atoms with Crippen molar-refractivity contribution in [1.82, 2.24) is 15.0 Å². The monoisotopic (exact) mass is 476 g/mol. The molecule has 34 heavy (non-hydrogen) atoms. The Balaban J connectivity index is 1.74. The molecule has 5 N–H and O–H groups in total. The number of carbonyl (C=O) groups is 2. The van der Waals surface area contributed by atoms with Crippen molar-refractivity contribution >= 4 is 17.8 Å². The standard InChI is InChI=1S/C21H15F3N4O6/c22-21(23,24)12-7-11(8-1-2-8)26-20(27-12)34-10-5-3-9(4-6-10)13-14(18(30)31)16(25)28-17(29)15(13)19(32)33/h3-8H,1-2H2,(H,30,31)(H,32,33)(H3,25,28,29). The van der Waals surface area contributed by atoms with E-state index < -0.39 is 57.9 Å². The molecule has 2 aromatic heterocycles. The Morgan fingerprint density at radius 3 is 2.21 bits per heavy atom. The molecule has 0 amide bonds. The largest absolute Gasteiger partial charge is 0.478 e. The van der Waals surface area contributed by atoms with Gasteiger partial charge in [-0.05, 0) is 36.6 Å². The summed E-state index contributed by atoms with van der Waals surface area (Å²) in [7, 11) is 0. The topological polar surface area (TPSA) is 168 Å². The lowest BCUT2D eigenvalue weighted by Gasteiger charge is -2.13. The van der Waals surface area contributed by atoms with Crippen molar-refractivity contribution in [2.24, 2.45) is 0 Å². The SMILES string of the molecule is Nc1[nH]c(=O)c(C(=O)O)c(-c2ccc(Oc3nc(C4CC4)cc(C(F)(F)F)n3)cc2)c1C(=O)O.